The lowest BCUT2D eigenvalue weighted by Gasteiger charge is -2.20. The fourth-order valence-electron chi connectivity index (χ4n) is 4.04. The molecule has 0 amide bonds. The molecule has 0 spiro atoms. The van der Waals surface area contributed by atoms with Crippen molar-refractivity contribution >= 4 is 34.3 Å². The van der Waals surface area contributed by atoms with Crippen LogP contribution in [0, 0.1) is 18.7 Å². The highest BCUT2D eigenvalue weighted by atomic mass is 35.5. The van der Waals surface area contributed by atoms with Crippen molar-refractivity contribution in [2.75, 3.05) is 5.32 Å². The number of hydrogen-bond donors (Lipinski definition) is 1. The van der Waals surface area contributed by atoms with E-state index < -0.39 is 0 Å². The molecule has 34 heavy (non-hydrogen) atoms. The fourth-order valence-corrected chi connectivity index (χ4v) is 4.24. The molecule has 174 valence electrons. The lowest BCUT2D eigenvalue weighted by molar-refractivity contribution is 0.600. The Morgan fingerprint density at radius 2 is 1.88 bits per heavy atom. The summed E-state index contributed by atoms with van der Waals surface area (Å²) in [4.78, 5) is 8.87. The molecule has 3 nitrogen and oxygen atoms in total. The van der Waals surface area contributed by atoms with Crippen LogP contribution in [-0.4, -0.2) is 9.97 Å². The number of pyridine rings is 2. The molecule has 2 atom stereocenters. The number of aromatic nitrogens is 2. The third-order valence-electron chi connectivity index (χ3n) is 6.29. The zero-order valence-electron chi connectivity index (χ0n) is 19.9. The van der Waals surface area contributed by atoms with E-state index in [1.807, 2.05) is 56.3 Å². The van der Waals surface area contributed by atoms with Gasteiger partial charge in [0.2, 0.25) is 0 Å². The van der Waals surface area contributed by atoms with Crippen molar-refractivity contribution in [3.63, 3.8) is 0 Å². The first kappa shape index (κ1) is 23.9. The van der Waals surface area contributed by atoms with Crippen molar-refractivity contribution in [1.29, 1.82) is 0 Å². The van der Waals surface area contributed by atoms with E-state index >= 15 is 4.39 Å². The van der Waals surface area contributed by atoms with Gasteiger partial charge in [0, 0.05) is 34.6 Å². The van der Waals surface area contributed by atoms with Crippen LogP contribution in [0.4, 0.5) is 10.1 Å². The van der Waals surface area contributed by atoms with Crippen molar-refractivity contribution < 1.29 is 4.39 Å². The van der Waals surface area contributed by atoms with Crippen LogP contribution in [-0.2, 0) is 0 Å². The number of para-hydroxylation sites is 1. The second-order valence-corrected chi connectivity index (χ2v) is 9.11. The zero-order valence-corrected chi connectivity index (χ0v) is 20.7. The SMILES string of the molecule is CCC(C)/C=C\c1c(-c2ccc(F)c(C(C)Nc3c(Cl)cnc4ccccc34)c2)ccnc1C. The number of rotatable bonds is 7. The van der Waals surface area contributed by atoms with Gasteiger partial charge in [0.05, 0.1) is 22.3 Å². The van der Waals surface area contributed by atoms with Crippen LogP contribution < -0.4 is 5.32 Å². The molecule has 2 heterocycles. The first-order valence-corrected chi connectivity index (χ1v) is 12.0. The molecule has 0 radical (unpaired) electrons. The molecule has 5 heteroatoms. The van der Waals surface area contributed by atoms with Crippen LogP contribution in [0.1, 0.15) is 50.1 Å². The van der Waals surface area contributed by atoms with E-state index in [9.17, 15) is 0 Å². The van der Waals surface area contributed by atoms with Crippen molar-refractivity contribution in [3.8, 4) is 11.1 Å². The lowest BCUT2D eigenvalue weighted by atomic mass is 9.94. The van der Waals surface area contributed by atoms with Crippen LogP contribution >= 0.6 is 11.6 Å². The normalized spacial score (nSPS) is 13.4. The number of benzene rings is 2. The molecule has 0 fully saturated rings. The Balaban J connectivity index is 1.73. The Kier molecular flexibility index (Phi) is 7.28. The summed E-state index contributed by atoms with van der Waals surface area (Å²) in [6, 6.07) is 14.7. The van der Waals surface area contributed by atoms with Crippen LogP contribution in [0.5, 0.6) is 0 Å². The molecule has 2 unspecified atom stereocenters. The van der Waals surface area contributed by atoms with E-state index in [2.05, 4.69) is 41.3 Å². The van der Waals surface area contributed by atoms with Crippen molar-refractivity contribution in [2.24, 2.45) is 5.92 Å². The Morgan fingerprint density at radius 3 is 2.68 bits per heavy atom. The largest absolute Gasteiger partial charge is 0.377 e. The molecule has 0 aliphatic rings. The molecular formula is C29H29ClFN3. The minimum atomic E-state index is -0.315. The number of hydrogen-bond acceptors (Lipinski definition) is 3. The highest BCUT2D eigenvalue weighted by Crippen LogP contribution is 2.35. The molecule has 0 aliphatic carbocycles. The van der Waals surface area contributed by atoms with Crippen molar-refractivity contribution in [2.45, 2.75) is 40.2 Å². The van der Waals surface area contributed by atoms with Crippen molar-refractivity contribution in [1.82, 2.24) is 9.97 Å². The number of nitrogens with one attached hydrogen (secondary N) is 1. The summed E-state index contributed by atoms with van der Waals surface area (Å²) in [5.41, 5.74) is 6.15. The van der Waals surface area contributed by atoms with Gasteiger partial charge in [0.15, 0.2) is 0 Å². The van der Waals surface area contributed by atoms with Crippen LogP contribution in [0.2, 0.25) is 5.02 Å². The van der Waals surface area contributed by atoms with Crippen LogP contribution in [0.25, 0.3) is 28.1 Å². The second kappa shape index (κ2) is 10.4. The number of halogens is 2. The predicted molar refractivity (Wildman–Crippen MR) is 142 cm³/mol. The smallest absolute Gasteiger partial charge is 0.128 e. The molecule has 1 N–H and O–H groups in total. The minimum absolute atomic E-state index is 0.263. The third kappa shape index (κ3) is 4.97. The molecule has 2 aromatic carbocycles. The predicted octanol–water partition coefficient (Wildman–Crippen LogP) is 8.63. The molecule has 0 saturated heterocycles. The zero-order chi connectivity index (χ0) is 24.2. The molecule has 4 rings (SSSR count). The number of fused-ring (bicyclic) bond motifs is 1. The lowest BCUT2D eigenvalue weighted by Crippen LogP contribution is -2.10. The van der Waals surface area contributed by atoms with E-state index in [-0.39, 0.29) is 11.9 Å². The van der Waals surface area contributed by atoms with E-state index in [4.69, 9.17) is 11.6 Å². The summed E-state index contributed by atoms with van der Waals surface area (Å²) in [5.74, 6) is 0.209. The molecule has 0 aliphatic heterocycles. The van der Waals surface area contributed by atoms with Gasteiger partial charge in [-0.05, 0) is 55.2 Å². The molecule has 4 aromatic rings. The summed E-state index contributed by atoms with van der Waals surface area (Å²) in [6.07, 6.45) is 8.85. The standard InChI is InChI=1S/C29H29ClFN3/c1-5-18(2)10-12-22-19(3)32-15-14-23(22)21-11-13-27(31)25(16-21)20(4)34-29-24-8-6-7-9-28(24)33-17-26(29)30/h6-18,20H,5H2,1-4H3,(H,33,34)/b12-10-. The number of aryl methyl sites for hydroxylation is 1. The van der Waals surface area contributed by atoms with Gasteiger partial charge < -0.3 is 5.32 Å². The van der Waals surface area contributed by atoms with Gasteiger partial charge in [-0.3, -0.25) is 9.97 Å². The van der Waals surface area contributed by atoms with Crippen molar-refractivity contribution in [3.05, 3.63) is 94.7 Å². The Morgan fingerprint density at radius 1 is 1.09 bits per heavy atom. The summed E-state index contributed by atoms with van der Waals surface area (Å²) in [6.45, 7) is 8.31. The van der Waals surface area contributed by atoms with E-state index in [0.29, 0.717) is 16.5 Å². The van der Waals surface area contributed by atoms with Gasteiger partial charge in [-0.15, -0.1) is 0 Å². The summed E-state index contributed by atoms with van der Waals surface area (Å²) in [5, 5.41) is 4.83. The third-order valence-corrected chi connectivity index (χ3v) is 6.57. The van der Waals surface area contributed by atoms with Crippen LogP contribution in [0.3, 0.4) is 0 Å². The number of nitrogens with zero attached hydrogens (tertiary/aromatic N) is 2. The van der Waals surface area contributed by atoms with Crippen LogP contribution in [0.15, 0.2) is 67.0 Å². The molecule has 0 saturated carbocycles. The average Bonchev–Trinajstić information content (AvgIpc) is 2.85. The summed E-state index contributed by atoms with van der Waals surface area (Å²) < 4.78 is 15.0. The van der Waals surface area contributed by atoms with E-state index in [1.54, 1.807) is 12.4 Å². The highest BCUT2D eigenvalue weighted by molar-refractivity contribution is 6.34. The van der Waals surface area contributed by atoms with Gasteiger partial charge in [-0.2, -0.15) is 0 Å². The Labute approximate surface area is 205 Å². The van der Waals surface area contributed by atoms with Gasteiger partial charge in [-0.25, -0.2) is 4.39 Å². The van der Waals surface area contributed by atoms with E-state index in [1.165, 1.54) is 6.07 Å². The summed E-state index contributed by atoms with van der Waals surface area (Å²) >= 11 is 6.48. The van der Waals surface area contributed by atoms with Gasteiger partial charge in [0.25, 0.3) is 0 Å². The topological polar surface area (TPSA) is 37.8 Å². The van der Waals surface area contributed by atoms with Gasteiger partial charge in [-0.1, -0.05) is 68.3 Å². The minimum Gasteiger partial charge on any atom is -0.377 e. The quantitative estimate of drug-likeness (QED) is 0.292. The first-order chi connectivity index (χ1) is 16.4. The maximum Gasteiger partial charge on any atom is 0.128 e. The Hall–Kier alpha value is -3.24. The number of allylic oxidation sites excluding steroid dienone is 1. The maximum absolute atomic E-state index is 15.0. The van der Waals surface area contributed by atoms with Gasteiger partial charge in [0.1, 0.15) is 5.82 Å². The maximum atomic E-state index is 15.0. The Bertz CT molecular complexity index is 1350. The number of anilines is 1. The molecular weight excluding hydrogens is 445 g/mol. The van der Waals surface area contributed by atoms with Gasteiger partial charge >= 0.3 is 0 Å². The summed E-state index contributed by atoms with van der Waals surface area (Å²) in [7, 11) is 0. The fraction of sp³-hybridized carbons (Fsp3) is 0.241. The average molecular weight is 474 g/mol. The second-order valence-electron chi connectivity index (χ2n) is 8.70. The molecule has 0 bridgehead atoms. The van der Waals surface area contributed by atoms with E-state index in [0.717, 1.165) is 45.4 Å². The first-order valence-electron chi connectivity index (χ1n) is 11.6. The highest BCUT2D eigenvalue weighted by Gasteiger charge is 2.17. The monoisotopic (exact) mass is 473 g/mol. The molecule has 2 aromatic heterocycles.